The van der Waals surface area contributed by atoms with E-state index in [4.69, 9.17) is 0 Å². The van der Waals surface area contributed by atoms with Crippen LogP contribution in [0.2, 0.25) is 0 Å². The molecule has 0 saturated heterocycles. The van der Waals surface area contributed by atoms with Crippen LogP contribution in [0.4, 0.5) is 0 Å². The average molecular weight is 181 g/mol. The number of allylic oxidation sites excluding steroid dienone is 1. The van der Waals surface area contributed by atoms with E-state index in [2.05, 4.69) is 25.7 Å². The lowest BCUT2D eigenvalue weighted by molar-refractivity contribution is 0.416. The molecular formula is C12H23N. The van der Waals surface area contributed by atoms with E-state index in [1.807, 2.05) is 6.08 Å². The summed E-state index contributed by atoms with van der Waals surface area (Å²) in [6.07, 6.45) is 7.28. The molecule has 0 bridgehead atoms. The van der Waals surface area contributed by atoms with Gasteiger partial charge in [0.25, 0.3) is 0 Å². The SMILES string of the molecule is C=CCCC(C)NCC(C)C1CC1. The maximum Gasteiger partial charge on any atom is 0.00417 e. The smallest absolute Gasteiger partial charge is 0.00417 e. The number of hydrogen-bond acceptors (Lipinski definition) is 1. The van der Waals surface area contributed by atoms with Crippen LogP contribution in [0.25, 0.3) is 0 Å². The van der Waals surface area contributed by atoms with Gasteiger partial charge in [0.1, 0.15) is 0 Å². The summed E-state index contributed by atoms with van der Waals surface area (Å²) in [5, 5.41) is 3.59. The lowest BCUT2D eigenvalue weighted by Crippen LogP contribution is -2.30. The fourth-order valence-corrected chi connectivity index (χ4v) is 1.69. The summed E-state index contributed by atoms with van der Waals surface area (Å²) >= 11 is 0. The maximum atomic E-state index is 3.74. The summed E-state index contributed by atoms with van der Waals surface area (Å²) in [6.45, 7) is 9.57. The monoisotopic (exact) mass is 181 g/mol. The zero-order valence-corrected chi connectivity index (χ0v) is 9.05. The van der Waals surface area contributed by atoms with Gasteiger partial charge in [-0.15, -0.1) is 6.58 Å². The van der Waals surface area contributed by atoms with Crippen LogP contribution in [0, 0.1) is 11.8 Å². The van der Waals surface area contributed by atoms with Crippen LogP contribution in [0.5, 0.6) is 0 Å². The second kappa shape index (κ2) is 5.43. The van der Waals surface area contributed by atoms with Gasteiger partial charge in [0.15, 0.2) is 0 Å². The van der Waals surface area contributed by atoms with Gasteiger partial charge in [-0.05, 0) is 51.0 Å². The summed E-state index contributed by atoms with van der Waals surface area (Å²) in [5.41, 5.74) is 0. The molecule has 2 unspecified atom stereocenters. The minimum absolute atomic E-state index is 0.652. The van der Waals surface area contributed by atoms with Crippen molar-refractivity contribution in [1.29, 1.82) is 0 Å². The molecule has 76 valence electrons. The van der Waals surface area contributed by atoms with E-state index in [1.54, 1.807) is 0 Å². The van der Waals surface area contributed by atoms with Crippen molar-refractivity contribution in [3.8, 4) is 0 Å². The van der Waals surface area contributed by atoms with Crippen LogP contribution in [-0.4, -0.2) is 12.6 Å². The van der Waals surface area contributed by atoms with Crippen molar-refractivity contribution in [3.05, 3.63) is 12.7 Å². The van der Waals surface area contributed by atoms with E-state index in [-0.39, 0.29) is 0 Å². The maximum absolute atomic E-state index is 3.74. The third-order valence-electron chi connectivity index (χ3n) is 3.02. The van der Waals surface area contributed by atoms with E-state index in [0.29, 0.717) is 6.04 Å². The van der Waals surface area contributed by atoms with E-state index < -0.39 is 0 Å². The normalized spacial score (nSPS) is 21.1. The first-order valence-electron chi connectivity index (χ1n) is 5.58. The van der Waals surface area contributed by atoms with Gasteiger partial charge in [-0.25, -0.2) is 0 Å². The van der Waals surface area contributed by atoms with Crippen LogP contribution in [-0.2, 0) is 0 Å². The first-order chi connectivity index (χ1) is 6.24. The van der Waals surface area contributed by atoms with Gasteiger partial charge >= 0.3 is 0 Å². The standard InChI is InChI=1S/C12H23N/c1-4-5-6-11(3)13-9-10(2)12-7-8-12/h4,10-13H,1,5-9H2,2-3H3. The minimum atomic E-state index is 0.652. The Bertz CT molecular complexity index is 149. The molecule has 1 aliphatic rings. The predicted octanol–water partition coefficient (Wildman–Crippen LogP) is 2.98. The summed E-state index contributed by atoms with van der Waals surface area (Å²) in [6, 6.07) is 0.652. The van der Waals surface area contributed by atoms with Crippen molar-refractivity contribution in [2.75, 3.05) is 6.54 Å². The zero-order valence-electron chi connectivity index (χ0n) is 9.05. The molecule has 1 fully saturated rings. The van der Waals surface area contributed by atoms with Gasteiger partial charge in [0.2, 0.25) is 0 Å². The minimum Gasteiger partial charge on any atom is -0.314 e. The Hall–Kier alpha value is -0.300. The molecule has 1 heteroatoms. The molecule has 1 aliphatic carbocycles. The summed E-state index contributed by atoms with van der Waals surface area (Å²) in [4.78, 5) is 0. The van der Waals surface area contributed by atoms with E-state index >= 15 is 0 Å². The highest BCUT2D eigenvalue weighted by molar-refractivity contribution is 4.80. The van der Waals surface area contributed by atoms with Gasteiger partial charge in [-0.1, -0.05) is 13.0 Å². The highest BCUT2D eigenvalue weighted by Gasteiger charge is 2.27. The Morgan fingerprint density at radius 1 is 1.46 bits per heavy atom. The Morgan fingerprint density at radius 2 is 2.15 bits per heavy atom. The van der Waals surface area contributed by atoms with Crippen molar-refractivity contribution < 1.29 is 0 Å². The third-order valence-corrected chi connectivity index (χ3v) is 3.02. The number of nitrogens with one attached hydrogen (secondary N) is 1. The van der Waals surface area contributed by atoms with Gasteiger partial charge < -0.3 is 5.32 Å². The molecule has 1 rings (SSSR count). The van der Waals surface area contributed by atoms with E-state index in [0.717, 1.165) is 18.3 Å². The van der Waals surface area contributed by atoms with Gasteiger partial charge in [0, 0.05) is 6.04 Å². The van der Waals surface area contributed by atoms with Gasteiger partial charge in [-0.3, -0.25) is 0 Å². The molecule has 0 aromatic rings. The molecule has 0 radical (unpaired) electrons. The fraction of sp³-hybridized carbons (Fsp3) is 0.833. The topological polar surface area (TPSA) is 12.0 Å². The first kappa shape index (κ1) is 10.8. The molecule has 1 saturated carbocycles. The molecule has 0 spiro atoms. The summed E-state index contributed by atoms with van der Waals surface area (Å²) < 4.78 is 0. The van der Waals surface area contributed by atoms with E-state index in [1.165, 1.54) is 25.8 Å². The van der Waals surface area contributed by atoms with Crippen molar-refractivity contribution in [2.24, 2.45) is 11.8 Å². The second-order valence-corrected chi connectivity index (χ2v) is 4.49. The molecule has 1 N–H and O–H groups in total. The quantitative estimate of drug-likeness (QED) is 0.595. The van der Waals surface area contributed by atoms with Crippen LogP contribution in [0.15, 0.2) is 12.7 Å². The van der Waals surface area contributed by atoms with Gasteiger partial charge in [0.05, 0.1) is 0 Å². The van der Waals surface area contributed by atoms with Crippen molar-refractivity contribution in [3.63, 3.8) is 0 Å². The molecule has 0 aromatic carbocycles. The molecule has 0 aromatic heterocycles. The lowest BCUT2D eigenvalue weighted by atomic mass is 10.1. The highest BCUT2D eigenvalue weighted by atomic mass is 14.9. The van der Waals surface area contributed by atoms with Crippen LogP contribution in [0.1, 0.15) is 39.5 Å². The molecule has 0 heterocycles. The van der Waals surface area contributed by atoms with Crippen molar-refractivity contribution >= 4 is 0 Å². The second-order valence-electron chi connectivity index (χ2n) is 4.49. The molecule has 0 aliphatic heterocycles. The van der Waals surface area contributed by atoms with Crippen LogP contribution >= 0.6 is 0 Å². The lowest BCUT2D eigenvalue weighted by Gasteiger charge is -2.16. The number of hydrogen-bond donors (Lipinski definition) is 1. The molecule has 1 nitrogen and oxygen atoms in total. The first-order valence-corrected chi connectivity index (χ1v) is 5.58. The van der Waals surface area contributed by atoms with Crippen molar-refractivity contribution in [1.82, 2.24) is 5.32 Å². The summed E-state index contributed by atoms with van der Waals surface area (Å²) in [7, 11) is 0. The zero-order chi connectivity index (χ0) is 9.68. The Balaban J connectivity index is 1.99. The van der Waals surface area contributed by atoms with Crippen molar-refractivity contribution in [2.45, 2.75) is 45.6 Å². The Labute approximate surface area is 82.6 Å². The number of rotatable bonds is 7. The van der Waals surface area contributed by atoms with Crippen LogP contribution < -0.4 is 5.32 Å². The fourth-order valence-electron chi connectivity index (χ4n) is 1.69. The van der Waals surface area contributed by atoms with Crippen LogP contribution in [0.3, 0.4) is 0 Å². The summed E-state index contributed by atoms with van der Waals surface area (Å²) in [5.74, 6) is 1.91. The molecular weight excluding hydrogens is 158 g/mol. The Morgan fingerprint density at radius 3 is 2.69 bits per heavy atom. The molecule has 0 amide bonds. The third kappa shape index (κ3) is 4.47. The highest BCUT2D eigenvalue weighted by Crippen LogP contribution is 2.36. The largest absolute Gasteiger partial charge is 0.314 e. The van der Waals surface area contributed by atoms with E-state index in [9.17, 15) is 0 Å². The Kier molecular flexibility index (Phi) is 4.51. The molecule has 13 heavy (non-hydrogen) atoms. The molecule has 2 atom stereocenters. The van der Waals surface area contributed by atoms with Gasteiger partial charge in [-0.2, -0.15) is 0 Å². The average Bonchev–Trinajstić information content (AvgIpc) is 2.93. The predicted molar refractivity (Wildman–Crippen MR) is 58.8 cm³/mol.